The molecule has 3 rings (SSSR count). The van der Waals surface area contributed by atoms with Gasteiger partial charge in [-0.25, -0.2) is 0 Å². The number of methoxy groups -OCH3 is 2. The highest BCUT2D eigenvalue weighted by Gasteiger charge is 2.50. The minimum Gasteiger partial charge on any atom is -0.361 e. The Bertz CT molecular complexity index is 714. The van der Waals surface area contributed by atoms with Gasteiger partial charge in [-0.3, -0.25) is 0 Å². The lowest BCUT2D eigenvalue weighted by Gasteiger charge is -2.42. The fourth-order valence-electron chi connectivity index (χ4n) is 5.15. The molecule has 0 bridgehead atoms. The SMILES string of the molecule is COC1(OC)CCCCCC(c2ccccc2)(c2ccccc2)CCCCC1(O)O. The first-order valence-electron chi connectivity index (χ1n) is 11.2. The second kappa shape index (κ2) is 10.1. The Morgan fingerprint density at radius 3 is 1.53 bits per heavy atom. The van der Waals surface area contributed by atoms with E-state index in [1.807, 2.05) is 0 Å². The van der Waals surface area contributed by atoms with Crippen molar-refractivity contribution in [3.05, 3.63) is 71.8 Å². The molecule has 1 aliphatic carbocycles. The summed E-state index contributed by atoms with van der Waals surface area (Å²) in [6, 6.07) is 21.6. The fraction of sp³-hybridized carbons (Fsp3) is 0.538. The van der Waals surface area contributed by atoms with Crippen LogP contribution in [0.2, 0.25) is 0 Å². The Labute approximate surface area is 180 Å². The van der Waals surface area contributed by atoms with E-state index in [1.54, 1.807) is 0 Å². The summed E-state index contributed by atoms with van der Waals surface area (Å²) < 4.78 is 11.0. The first-order valence-corrected chi connectivity index (χ1v) is 11.2. The Morgan fingerprint density at radius 2 is 1.03 bits per heavy atom. The van der Waals surface area contributed by atoms with Gasteiger partial charge in [0.2, 0.25) is 11.6 Å². The van der Waals surface area contributed by atoms with Crippen molar-refractivity contribution in [2.75, 3.05) is 14.2 Å². The van der Waals surface area contributed by atoms with Gasteiger partial charge >= 0.3 is 0 Å². The summed E-state index contributed by atoms with van der Waals surface area (Å²) in [7, 11) is 2.98. The number of hydrogen-bond donors (Lipinski definition) is 2. The maximum Gasteiger partial charge on any atom is 0.222 e. The average Bonchev–Trinajstić information content (AvgIpc) is 2.78. The highest BCUT2D eigenvalue weighted by atomic mass is 16.7. The van der Waals surface area contributed by atoms with Crippen molar-refractivity contribution in [2.24, 2.45) is 0 Å². The van der Waals surface area contributed by atoms with Crippen molar-refractivity contribution < 1.29 is 19.7 Å². The van der Waals surface area contributed by atoms with Gasteiger partial charge in [0, 0.05) is 32.5 Å². The van der Waals surface area contributed by atoms with Gasteiger partial charge < -0.3 is 19.7 Å². The zero-order valence-electron chi connectivity index (χ0n) is 18.3. The average molecular weight is 413 g/mol. The van der Waals surface area contributed by atoms with Crippen molar-refractivity contribution in [1.29, 1.82) is 0 Å². The third-order valence-corrected chi connectivity index (χ3v) is 6.91. The van der Waals surface area contributed by atoms with Crippen LogP contribution in [0.25, 0.3) is 0 Å². The summed E-state index contributed by atoms with van der Waals surface area (Å²) in [5.41, 5.74) is 2.63. The summed E-state index contributed by atoms with van der Waals surface area (Å²) in [5, 5.41) is 21.7. The topological polar surface area (TPSA) is 58.9 Å². The quantitative estimate of drug-likeness (QED) is 0.681. The third-order valence-electron chi connectivity index (χ3n) is 6.91. The molecule has 0 unspecified atom stereocenters. The summed E-state index contributed by atoms with van der Waals surface area (Å²) in [6.07, 6.45) is 7.11. The van der Waals surface area contributed by atoms with Gasteiger partial charge in [-0.2, -0.15) is 0 Å². The molecule has 164 valence electrons. The van der Waals surface area contributed by atoms with Gasteiger partial charge in [0.1, 0.15) is 0 Å². The summed E-state index contributed by atoms with van der Waals surface area (Å²) in [4.78, 5) is 0. The van der Waals surface area contributed by atoms with Gasteiger partial charge in [0.25, 0.3) is 0 Å². The second-order valence-corrected chi connectivity index (χ2v) is 8.56. The van der Waals surface area contributed by atoms with E-state index in [2.05, 4.69) is 60.7 Å². The van der Waals surface area contributed by atoms with Crippen molar-refractivity contribution in [3.63, 3.8) is 0 Å². The van der Waals surface area contributed by atoms with Gasteiger partial charge in [-0.15, -0.1) is 0 Å². The highest BCUT2D eigenvalue weighted by molar-refractivity contribution is 5.39. The number of aliphatic hydroxyl groups is 2. The van der Waals surface area contributed by atoms with Crippen LogP contribution in [0.3, 0.4) is 0 Å². The summed E-state index contributed by atoms with van der Waals surface area (Å²) in [5.74, 6) is -3.39. The molecule has 0 heterocycles. The van der Waals surface area contributed by atoms with Crippen LogP contribution in [0.1, 0.15) is 68.9 Å². The van der Waals surface area contributed by atoms with E-state index < -0.39 is 11.6 Å². The first kappa shape index (κ1) is 23.0. The van der Waals surface area contributed by atoms with Crippen LogP contribution in [0.15, 0.2) is 60.7 Å². The Hall–Kier alpha value is -1.72. The molecule has 0 amide bonds. The normalized spacial score (nSPS) is 21.9. The predicted octanol–water partition coefficient (Wildman–Crippen LogP) is 5.17. The molecule has 4 nitrogen and oxygen atoms in total. The minimum atomic E-state index is -2.02. The van der Waals surface area contributed by atoms with E-state index in [-0.39, 0.29) is 11.8 Å². The molecule has 30 heavy (non-hydrogen) atoms. The number of rotatable bonds is 4. The van der Waals surface area contributed by atoms with Gasteiger partial charge in [-0.05, 0) is 36.8 Å². The molecule has 0 aliphatic heterocycles. The molecule has 1 aliphatic rings. The Balaban J connectivity index is 1.91. The molecule has 0 radical (unpaired) electrons. The second-order valence-electron chi connectivity index (χ2n) is 8.56. The smallest absolute Gasteiger partial charge is 0.222 e. The van der Waals surface area contributed by atoms with E-state index in [4.69, 9.17) is 9.47 Å². The number of benzene rings is 2. The molecule has 1 saturated carbocycles. The lowest BCUT2D eigenvalue weighted by molar-refractivity contribution is -0.378. The Morgan fingerprint density at radius 1 is 0.600 bits per heavy atom. The maximum atomic E-state index is 10.8. The van der Waals surface area contributed by atoms with Crippen molar-refractivity contribution in [2.45, 2.75) is 74.8 Å². The standard InChI is InChI=1S/C26H36O4/c1-29-26(30-2)21-11-5-10-18-24(22-14-6-3-7-15-22,23-16-8-4-9-17-23)19-12-13-20-25(26,27)28/h3-4,6-9,14-17,27-28H,5,10-13,18-21H2,1-2H3. The van der Waals surface area contributed by atoms with Crippen molar-refractivity contribution in [3.8, 4) is 0 Å². The number of hydrogen-bond acceptors (Lipinski definition) is 4. The molecular weight excluding hydrogens is 376 g/mol. The van der Waals surface area contributed by atoms with Crippen LogP contribution < -0.4 is 0 Å². The van der Waals surface area contributed by atoms with E-state index >= 15 is 0 Å². The van der Waals surface area contributed by atoms with Crippen LogP contribution in [-0.2, 0) is 14.9 Å². The third kappa shape index (κ3) is 4.62. The summed E-state index contributed by atoms with van der Waals surface area (Å²) >= 11 is 0. The lowest BCUT2D eigenvalue weighted by Crippen LogP contribution is -2.57. The molecule has 4 heteroatoms. The largest absolute Gasteiger partial charge is 0.361 e. The molecule has 0 spiro atoms. The lowest BCUT2D eigenvalue weighted by atomic mass is 9.67. The van der Waals surface area contributed by atoms with Crippen LogP contribution in [-0.4, -0.2) is 36.0 Å². The Kier molecular flexibility index (Phi) is 7.70. The van der Waals surface area contributed by atoms with Crippen LogP contribution in [0, 0.1) is 0 Å². The van der Waals surface area contributed by atoms with E-state index in [9.17, 15) is 10.2 Å². The zero-order valence-corrected chi connectivity index (χ0v) is 18.3. The molecule has 0 aromatic heterocycles. The van der Waals surface area contributed by atoms with Crippen molar-refractivity contribution in [1.82, 2.24) is 0 Å². The fourth-order valence-corrected chi connectivity index (χ4v) is 5.15. The molecule has 1 fully saturated rings. The van der Waals surface area contributed by atoms with Crippen molar-refractivity contribution >= 4 is 0 Å². The molecule has 2 aromatic rings. The van der Waals surface area contributed by atoms with Gasteiger partial charge in [-0.1, -0.05) is 79.9 Å². The van der Waals surface area contributed by atoms with Crippen LogP contribution in [0.4, 0.5) is 0 Å². The molecular formula is C26H36O4. The minimum absolute atomic E-state index is 0.0606. The van der Waals surface area contributed by atoms with Gasteiger partial charge in [0.15, 0.2) is 0 Å². The maximum absolute atomic E-state index is 10.8. The highest BCUT2D eigenvalue weighted by Crippen LogP contribution is 2.43. The van der Waals surface area contributed by atoms with E-state index in [1.165, 1.54) is 25.3 Å². The molecule has 0 atom stereocenters. The number of ether oxygens (including phenoxy) is 2. The van der Waals surface area contributed by atoms with E-state index in [0.29, 0.717) is 12.8 Å². The summed E-state index contributed by atoms with van der Waals surface area (Å²) in [6.45, 7) is 0. The predicted molar refractivity (Wildman–Crippen MR) is 119 cm³/mol. The monoisotopic (exact) mass is 412 g/mol. The molecule has 2 N–H and O–H groups in total. The zero-order chi connectivity index (χ0) is 21.5. The molecule has 2 aromatic carbocycles. The van der Waals surface area contributed by atoms with Crippen LogP contribution >= 0.6 is 0 Å². The first-order chi connectivity index (χ1) is 14.5. The van der Waals surface area contributed by atoms with Crippen LogP contribution in [0.5, 0.6) is 0 Å². The molecule has 0 saturated heterocycles. The van der Waals surface area contributed by atoms with Gasteiger partial charge in [0.05, 0.1) is 0 Å². The van der Waals surface area contributed by atoms with E-state index in [0.717, 1.165) is 38.5 Å².